The number of aromatic nitrogens is 4. The maximum Gasteiger partial charge on any atom is 0.332 e. The Labute approximate surface area is 136 Å². The first-order chi connectivity index (χ1) is 11.5. The molecular formula is C16H17FN4O3. The second kappa shape index (κ2) is 5.95. The highest BCUT2D eigenvalue weighted by Crippen LogP contribution is 2.20. The molecule has 0 radical (unpaired) electrons. The lowest BCUT2D eigenvalue weighted by Gasteiger charge is -2.10. The Morgan fingerprint density at radius 2 is 1.88 bits per heavy atom. The quantitative estimate of drug-likeness (QED) is 0.715. The predicted molar refractivity (Wildman–Crippen MR) is 86.9 cm³/mol. The van der Waals surface area contributed by atoms with Crippen LogP contribution in [0.4, 0.5) is 4.39 Å². The molecule has 0 aliphatic carbocycles. The number of rotatable bonds is 4. The third-order valence-corrected chi connectivity index (χ3v) is 3.87. The average molecular weight is 332 g/mol. The molecule has 0 N–H and O–H groups in total. The normalized spacial score (nSPS) is 11.2. The first-order valence-corrected chi connectivity index (χ1v) is 7.48. The van der Waals surface area contributed by atoms with Crippen LogP contribution in [0.15, 0.2) is 33.9 Å². The predicted octanol–water partition coefficient (Wildman–Crippen LogP) is 1.02. The van der Waals surface area contributed by atoms with Crippen LogP contribution in [0.3, 0.4) is 0 Å². The van der Waals surface area contributed by atoms with Crippen LogP contribution in [0.25, 0.3) is 11.2 Å². The molecule has 0 unspecified atom stereocenters. The highest BCUT2D eigenvalue weighted by Gasteiger charge is 2.20. The SMILES string of the molecule is CCOc1nc2c(c(=O)n(C)c(=O)n2C)n1Cc1ccccc1F. The Kier molecular flexibility index (Phi) is 3.96. The van der Waals surface area contributed by atoms with Crippen LogP contribution in [0, 0.1) is 5.82 Å². The molecule has 2 aromatic heterocycles. The van der Waals surface area contributed by atoms with Crippen molar-refractivity contribution in [3.05, 3.63) is 56.5 Å². The Bertz CT molecular complexity index is 1030. The smallest absolute Gasteiger partial charge is 0.332 e. The van der Waals surface area contributed by atoms with Crippen molar-refractivity contribution in [2.24, 2.45) is 14.1 Å². The lowest BCUT2D eigenvalue weighted by Crippen LogP contribution is -2.37. The Balaban J connectivity index is 2.33. The van der Waals surface area contributed by atoms with Crippen LogP contribution >= 0.6 is 0 Å². The number of imidazole rings is 1. The molecule has 8 heteroatoms. The summed E-state index contributed by atoms with van der Waals surface area (Å²) in [6, 6.07) is 6.46. The van der Waals surface area contributed by atoms with Crippen molar-refractivity contribution in [2.75, 3.05) is 6.61 Å². The number of nitrogens with zero attached hydrogens (tertiary/aromatic N) is 4. The van der Waals surface area contributed by atoms with E-state index in [1.165, 1.54) is 29.3 Å². The summed E-state index contributed by atoms with van der Waals surface area (Å²) in [5, 5.41) is 0. The fraction of sp³-hybridized carbons (Fsp3) is 0.312. The van der Waals surface area contributed by atoms with Gasteiger partial charge in [0.1, 0.15) is 5.82 Å². The molecule has 0 saturated carbocycles. The number of benzene rings is 1. The molecule has 3 rings (SSSR count). The molecule has 0 fully saturated rings. The van der Waals surface area contributed by atoms with Crippen LogP contribution in [-0.4, -0.2) is 25.3 Å². The standard InChI is InChI=1S/C16H17FN4O3/c1-4-24-15-18-13-12(14(22)20(3)16(23)19(13)2)21(15)9-10-7-5-6-8-11(10)17/h5-8H,4,9H2,1-3H3. The first kappa shape index (κ1) is 16.0. The molecule has 0 atom stereocenters. The van der Waals surface area contributed by atoms with Gasteiger partial charge in [-0.1, -0.05) is 18.2 Å². The highest BCUT2D eigenvalue weighted by molar-refractivity contribution is 5.72. The second-order valence-corrected chi connectivity index (χ2v) is 5.38. The number of aryl methyl sites for hydroxylation is 1. The van der Waals surface area contributed by atoms with E-state index in [4.69, 9.17) is 4.74 Å². The summed E-state index contributed by atoms with van der Waals surface area (Å²) in [6.45, 7) is 2.19. The number of hydrogen-bond acceptors (Lipinski definition) is 4. The van der Waals surface area contributed by atoms with Crippen LogP contribution in [0.5, 0.6) is 6.01 Å². The van der Waals surface area contributed by atoms with E-state index in [0.29, 0.717) is 12.2 Å². The van der Waals surface area contributed by atoms with Gasteiger partial charge in [-0.05, 0) is 13.0 Å². The van der Waals surface area contributed by atoms with E-state index in [1.807, 2.05) is 0 Å². The molecule has 7 nitrogen and oxygen atoms in total. The summed E-state index contributed by atoms with van der Waals surface area (Å²) >= 11 is 0. The average Bonchev–Trinajstić information content (AvgIpc) is 2.92. The highest BCUT2D eigenvalue weighted by atomic mass is 19.1. The zero-order valence-electron chi connectivity index (χ0n) is 13.6. The van der Waals surface area contributed by atoms with Crippen molar-refractivity contribution in [1.82, 2.24) is 18.7 Å². The van der Waals surface area contributed by atoms with Gasteiger partial charge in [0.15, 0.2) is 11.2 Å². The van der Waals surface area contributed by atoms with E-state index >= 15 is 0 Å². The van der Waals surface area contributed by atoms with Crippen LogP contribution in [-0.2, 0) is 20.6 Å². The van der Waals surface area contributed by atoms with Crippen molar-refractivity contribution in [2.45, 2.75) is 13.5 Å². The number of fused-ring (bicyclic) bond motifs is 1. The van der Waals surface area contributed by atoms with Gasteiger partial charge < -0.3 is 4.74 Å². The first-order valence-electron chi connectivity index (χ1n) is 7.48. The molecule has 24 heavy (non-hydrogen) atoms. The van der Waals surface area contributed by atoms with Crippen molar-refractivity contribution in [1.29, 1.82) is 0 Å². The van der Waals surface area contributed by atoms with Gasteiger partial charge in [0, 0.05) is 19.7 Å². The van der Waals surface area contributed by atoms with Gasteiger partial charge in [0.2, 0.25) is 0 Å². The molecule has 3 aromatic rings. The zero-order chi connectivity index (χ0) is 17.4. The summed E-state index contributed by atoms with van der Waals surface area (Å²) < 4.78 is 23.3. The minimum Gasteiger partial charge on any atom is -0.465 e. The van der Waals surface area contributed by atoms with Crippen LogP contribution in [0.2, 0.25) is 0 Å². The van der Waals surface area contributed by atoms with Crippen LogP contribution < -0.4 is 16.0 Å². The van der Waals surface area contributed by atoms with Gasteiger partial charge >= 0.3 is 5.69 Å². The van der Waals surface area contributed by atoms with Gasteiger partial charge in [-0.15, -0.1) is 0 Å². The minimum absolute atomic E-state index is 0.0753. The van der Waals surface area contributed by atoms with E-state index in [9.17, 15) is 14.0 Å². The number of halogens is 1. The monoisotopic (exact) mass is 332 g/mol. The van der Waals surface area contributed by atoms with Gasteiger partial charge in [-0.2, -0.15) is 4.98 Å². The van der Waals surface area contributed by atoms with Crippen molar-refractivity contribution in [3.8, 4) is 6.01 Å². The fourth-order valence-electron chi connectivity index (χ4n) is 2.61. The minimum atomic E-state index is -0.497. The Morgan fingerprint density at radius 3 is 2.54 bits per heavy atom. The largest absolute Gasteiger partial charge is 0.465 e. The number of ether oxygens (including phenoxy) is 1. The molecule has 126 valence electrons. The van der Waals surface area contributed by atoms with E-state index < -0.39 is 11.2 Å². The van der Waals surface area contributed by atoms with E-state index in [2.05, 4.69) is 4.98 Å². The Morgan fingerprint density at radius 1 is 1.17 bits per heavy atom. The van der Waals surface area contributed by atoms with Gasteiger partial charge in [-0.25, -0.2) is 9.18 Å². The molecule has 0 amide bonds. The molecular weight excluding hydrogens is 315 g/mol. The van der Waals surface area contributed by atoms with E-state index in [0.717, 1.165) is 4.57 Å². The summed E-state index contributed by atoms with van der Waals surface area (Å²) in [4.78, 5) is 28.9. The molecule has 2 heterocycles. The number of hydrogen-bond donors (Lipinski definition) is 0. The lowest BCUT2D eigenvalue weighted by atomic mass is 10.2. The summed E-state index contributed by atoms with van der Waals surface area (Å²) in [6.07, 6.45) is 0. The summed E-state index contributed by atoms with van der Waals surface area (Å²) in [5.41, 5.74) is -0.170. The summed E-state index contributed by atoms with van der Waals surface area (Å²) in [7, 11) is 2.92. The molecule has 0 bridgehead atoms. The van der Waals surface area contributed by atoms with Gasteiger partial charge in [0.05, 0.1) is 13.2 Å². The molecule has 0 aliphatic rings. The van der Waals surface area contributed by atoms with Gasteiger partial charge in [-0.3, -0.25) is 18.5 Å². The zero-order valence-corrected chi connectivity index (χ0v) is 13.6. The van der Waals surface area contributed by atoms with E-state index in [1.54, 1.807) is 25.1 Å². The van der Waals surface area contributed by atoms with Crippen molar-refractivity contribution < 1.29 is 9.13 Å². The third kappa shape index (κ3) is 2.40. The maximum absolute atomic E-state index is 14.0. The molecule has 0 saturated heterocycles. The fourth-order valence-corrected chi connectivity index (χ4v) is 2.61. The van der Waals surface area contributed by atoms with E-state index in [-0.39, 0.29) is 29.5 Å². The second-order valence-electron chi connectivity index (χ2n) is 5.38. The molecule has 1 aromatic carbocycles. The summed E-state index contributed by atoms with van der Waals surface area (Å²) in [5.74, 6) is -0.386. The molecule has 0 spiro atoms. The maximum atomic E-state index is 14.0. The van der Waals surface area contributed by atoms with Crippen LogP contribution in [0.1, 0.15) is 12.5 Å². The third-order valence-electron chi connectivity index (χ3n) is 3.87. The van der Waals surface area contributed by atoms with Crippen molar-refractivity contribution in [3.63, 3.8) is 0 Å². The molecule has 0 aliphatic heterocycles. The topological polar surface area (TPSA) is 71.1 Å². The van der Waals surface area contributed by atoms with Gasteiger partial charge in [0.25, 0.3) is 11.6 Å². The Hall–Kier alpha value is -2.90. The lowest BCUT2D eigenvalue weighted by molar-refractivity contribution is 0.300. The van der Waals surface area contributed by atoms with Crippen molar-refractivity contribution >= 4 is 11.2 Å².